The minimum atomic E-state index is -0.798. The normalized spacial score (nSPS) is 9.33. The number of carbonyl (C=O) groups is 2. The van der Waals surface area contributed by atoms with Crippen LogP contribution in [0.4, 0.5) is 4.79 Å². The van der Waals surface area contributed by atoms with Gasteiger partial charge in [0.25, 0.3) is 0 Å². The Hall–Kier alpha value is -2.30. The molecule has 0 fully saturated rings. The summed E-state index contributed by atoms with van der Waals surface area (Å²) in [6, 6.07) is 9.23. The summed E-state index contributed by atoms with van der Waals surface area (Å²) in [5, 5.41) is 0. The fourth-order valence-electron chi connectivity index (χ4n) is 1.08. The Morgan fingerprint density at radius 1 is 1.06 bits per heavy atom. The first kappa shape index (κ1) is 13.8. The van der Waals surface area contributed by atoms with Crippen molar-refractivity contribution in [3.63, 3.8) is 0 Å². The molecular formula is C13H14O5. The van der Waals surface area contributed by atoms with E-state index in [-0.39, 0.29) is 19.8 Å². The highest BCUT2D eigenvalue weighted by atomic mass is 16.7. The maximum absolute atomic E-state index is 11.1. The van der Waals surface area contributed by atoms with Crippen LogP contribution in [0.15, 0.2) is 43.0 Å². The molecule has 5 nitrogen and oxygen atoms in total. The average molecular weight is 250 g/mol. The van der Waals surface area contributed by atoms with Gasteiger partial charge in [0.05, 0.1) is 0 Å². The highest BCUT2D eigenvalue weighted by molar-refractivity contribution is 5.81. The van der Waals surface area contributed by atoms with E-state index < -0.39 is 12.1 Å². The number of benzene rings is 1. The lowest BCUT2D eigenvalue weighted by molar-refractivity contribution is -0.139. The molecule has 0 aliphatic carbocycles. The number of esters is 1. The molecule has 1 aromatic rings. The zero-order valence-electron chi connectivity index (χ0n) is 9.83. The largest absolute Gasteiger partial charge is 0.508 e. The Balaban J connectivity index is 2.11. The molecule has 0 aromatic heterocycles. The zero-order chi connectivity index (χ0) is 13.2. The van der Waals surface area contributed by atoms with Gasteiger partial charge in [-0.05, 0) is 5.56 Å². The molecular weight excluding hydrogens is 236 g/mol. The van der Waals surface area contributed by atoms with Crippen LogP contribution in [0.1, 0.15) is 5.56 Å². The molecule has 0 saturated heterocycles. The van der Waals surface area contributed by atoms with Crippen LogP contribution >= 0.6 is 0 Å². The lowest BCUT2D eigenvalue weighted by Gasteiger charge is -2.06. The molecule has 0 heterocycles. The summed E-state index contributed by atoms with van der Waals surface area (Å²) in [7, 11) is 0. The SMILES string of the molecule is C=CC(=O)OCCOC(=O)OCc1ccccc1. The molecule has 0 unspecified atom stereocenters. The van der Waals surface area contributed by atoms with Crippen LogP contribution in [0.25, 0.3) is 0 Å². The summed E-state index contributed by atoms with van der Waals surface area (Å²) in [4.78, 5) is 21.8. The number of rotatable bonds is 6. The van der Waals surface area contributed by atoms with Crippen molar-refractivity contribution < 1.29 is 23.8 Å². The number of ether oxygens (including phenoxy) is 3. The standard InChI is InChI=1S/C13H14O5/c1-2-12(14)16-8-9-17-13(15)18-10-11-6-4-3-5-7-11/h2-7H,1,8-10H2. The van der Waals surface area contributed by atoms with Crippen LogP contribution in [0, 0.1) is 0 Å². The van der Waals surface area contributed by atoms with Crippen molar-refractivity contribution in [1.29, 1.82) is 0 Å². The van der Waals surface area contributed by atoms with Gasteiger partial charge in [-0.3, -0.25) is 0 Å². The Morgan fingerprint density at radius 2 is 1.72 bits per heavy atom. The Morgan fingerprint density at radius 3 is 2.39 bits per heavy atom. The first-order valence-corrected chi connectivity index (χ1v) is 5.35. The predicted molar refractivity (Wildman–Crippen MR) is 63.7 cm³/mol. The second-order valence-electron chi connectivity index (χ2n) is 3.24. The summed E-state index contributed by atoms with van der Waals surface area (Å²) in [5.41, 5.74) is 0.868. The molecule has 0 N–H and O–H groups in total. The van der Waals surface area contributed by atoms with Crippen molar-refractivity contribution in [2.24, 2.45) is 0 Å². The van der Waals surface area contributed by atoms with E-state index in [1.165, 1.54) is 0 Å². The molecule has 0 bridgehead atoms. The van der Waals surface area contributed by atoms with Crippen LogP contribution in [0.2, 0.25) is 0 Å². The van der Waals surface area contributed by atoms with Crippen molar-refractivity contribution in [3.8, 4) is 0 Å². The third-order valence-electron chi connectivity index (χ3n) is 1.91. The van der Waals surface area contributed by atoms with E-state index in [4.69, 9.17) is 4.74 Å². The molecule has 18 heavy (non-hydrogen) atoms. The molecule has 1 rings (SSSR count). The molecule has 1 aromatic carbocycles. The summed E-state index contributed by atoms with van der Waals surface area (Å²) in [5.74, 6) is -0.559. The highest BCUT2D eigenvalue weighted by Crippen LogP contribution is 2.01. The van der Waals surface area contributed by atoms with Crippen LogP contribution < -0.4 is 0 Å². The van der Waals surface area contributed by atoms with E-state index in [1.807, 2.05) is 30.3 Å². The van der Waals surface area contributed by atoms with Crippen molar-refractivity contribution in [2.75, 3.05) is 13.2 Å². The van der Waals surface area contributed by atoms with E-state index in [0.717, 1.165) is 11.6 Å². The van der Waals surface area contributed by atoms with Crippen molar-refractivity contribution in [3.05, 3.63) is 48.6 Å². The molecule has 0 amide bonds. The monoisotopic (exact) mass is 250 g/mol. The minimum absolute atomic E-state index is 0.0225. The van der Waals surface area contributed by atoms with Crippen LogP contribution in [0.3, 0.4) is 0 Å². The van der Waals surface area contributed by atoms with E-state index in [2.05, 4.69) is 16.1 Å². The highest BCUT2D eigenvalue weighted by Gasteiger charge is 2.04. The Bertz CT molecular complexity index is 399. The van der Waals surface area contributed by atoms with E-state index in [0.29, 0.717) is 0 Å². The molecule has 0 radical (unpaired) electrons. The summed E-state index contributed by atoms with van der Waals surface area (Å²) < 4.78 is 14.1. The zero-order valence-corrected chi connectivity index (χ0v) is 9.83. The number of hydrogen-bond acceptors (Lipinski definition) is 5. The number of hydrogen-bond donors (Lipinski definition) is 0. The maximum atomic E-state index is 11.1. The molecule has 0 aliphatic rings. The Labute approximate surface area is 105 Å². The summed E-state index contributed by atoms with van der Waals surface area (Å²) >= 11 is 0. The minimum Gasteiger partial charge on any atom is -0.459 e. The van der Waals surface area contributed by atoms with Gasteiger partial charge in [-0.1, -0.05) is 36.9 Å². The third kappa shape index (κ3) is 5.69. The lowest BCUT2D eigenvalue weighted by Crippen LogP contribution is -2.13. The van der Waals surface area contributed by atoms with Crippen LogP contribution in [0.5, 0.6) is 0 Å². The molecule has 0 aliphatic heterocycles. The smallest absolute Gasteiger partial charge is 0.459 e. The summed E-state index contributed by atoms with van der Waals surface area (Å²) in [6.45, 7) is 3.30. The van der Waals surface area contributed by atoms with Gasteiger partial charge in [0.1, 0.15) is 19.8 Å². The van der Waals surface area contributed by atoms with Gasteiger partial charge in [-0.15, -0.1) is 0 Å². The third-order valence-corrected chi connectivity index (χ3v) is 1.91. The van der Waals surface area contributed by atoms with Gasteiger partial charge in [-0.25, -0.2) is 9.59 Å². The lowest BCUT2D eigenvalue weighted by atomic mass is 10.2. The fraction of sp³-hybridized carbons (Fsp3) is 0.231. The molecule has 0 saturated carbocycles. The van der Waals surface area contributed by atoms with Crippen molar-refractivity contribution >= 4 is 12.1 Å². The maximum Gasteiger partial charge on any atom is 0.508 e. The van der Waals surface area contributed by atoms with Crippen LogP contribution in [-0.4, -0.2) is 25.3 Å². The van der Waals surface area contributed by atoms with Gasteiger partial charge >= 0.3 is 12.1 Å². The first-order valence-electron chi connectivity index (χ1n) is 5.35. The van der Waals surface area contributed by atoms with Crippen molar-refractivity contribution in [2.45, 2.75) is 6.61 Å². The quantitative estimate of drug-likeness (QED) is 0.439. The summed E-state index contributed by atoms with van der Waals surface area (Å²) in [6.07, 6.45) is 0.238. The predicted octanol–water partition coefficient (Wildman–Crippen LogP) is 2.07. The number of carbonyl (C=O) groups excluding carboxylic acids is 2. The van der Waals surface area contributed by atoms with Gasteiger partial charge < -0.3 is 14.2 Å². The average Bonchev–Trinajstić information content (AvgIpc) is 2.42. The second kappa shape index (κ2) is 7.89. The Kier molecular flexibility index (Phi) is 6.03. The van der Waals surface area contributed by atoms with E-state index in [1.54, 1.807) is 0 Å². The van der Waals surface area contributed by atoms with Gasteiger partial charge in [-0.2, -0.15) is 0 Å². The molecule has 0 atom stereocenters. The van der Waals surface area contributed by atoms with Crippen LogP contribution in [-0.2, 0) is 25.6 Å². The van der Waals surface area contributed by atoms with E-state index >= 15 is 0 Å². The van der Waals surface area contributed by atoms with Gasteiger partial charge in [0.2, 0.25) is 0 Å². The molecule has 96 valence electrons. The van der Waals surface area contributed by atoms with Crippen molar-refractivity contribution in [1.82, 2.24) is 0 Å². The van der Waals surface area contributed by atoms with E-state index in [9.17, 15) is 9.59 Å². The first-order chi connectivity index (χ1) is 8.72. The van der Waals surface area contributed by atoms with Gasteiger partial charge in [0.15, 0.2) is 0 Å². The molecule has 5 heteroatoms. The fourth-order valence-corrected chi connectivity index (χ4v) is 1.08. The molecule has 0 spiro atoms. The second-order valence-corrected chi connectivity index (χ2v) is 3.24. The van der Waals surface area contributed by atoms with Gasteiger partial charge in [0, 0.05) is 6.08 Å². The topological polar surface area (TPSA) is 61.8 Å².